The molecular formula is C29H35N5O6. The number of benzene rings is 1. The maximum atomic E-state index is 13.8. The summed E-state index contributed by atoms with van der Waals surface area (Å²) in [6.07, 6.45) is 0.670. The Hall–Kier alpha value is -3.72. The number of fused-ring (bicyclic) bond motifs is 6. The number of ether oxygens (including phenoxy) is 2. The van der Waals surface area contributed by atoms with E-state index in [-0.39, 0.29) is 47.4 Å². The Labute approximate surface area is 233 Å². The molecular weight excluding hydrogens is 514 g/mol. The van der Waals surface area contributed by atoms with Crippen molar-refractivity contribution in [2.75, 3.05) is 27.8 Å². The summed E-state index contributed by atoms with van der Waals surface area (Å²) in [6, 6.07) is 1.07. The molecule has 1 fully saturated rings. The fourth-order valence-electron chi connectivity index (χ4n) is 7.17. The predicted molar refractivity (Wildman–Crippen MR) is 144 cm³/mol. The van der Waals surface area contributed by atoms with Crippen LogP contribution in [0, 0.1) is 18.3 Å². The van der Waals surface area contributed by atoms with Crippen LogP contribution in [0.3, 0.4) is 0 Å². The van der Waals surface area contributed by atoms with E-state index in [9.17, 15) is 24.8 Å². The molecule has 1 aromatic rings. The number of carbonyl (C=O) groups excluding carboxylic acids is 3. The van der Waals surface area contributed by atoms with Gasteiger partial charge in [0.2, 0.25) is 11.7 Å². The van der Waals surface area contributed by atoms with Crippen LogP contribution in [0.15, 0.2) is 28.5 Å². The average Bonchev–Trinajstić information content (AvgIpc) is 2.91. The number of aromatic hydroxyl groups is 1. The van der Waals surface area contributed by atoms with Crippen molar-refractivity contribution in [3.8, 4) is 17.6 Å². The summed E-state index contributed by atoms with van der Waals surface area (Å²) in [5, 5.41) is 24.8. The van der Waals surface area contributed by atoms with E-state index in [1.165, 1.54) is 14.2 Å². The van der Waals surface area contributed by atoms with E-state index < -0.39 is 41.9 Å². The van der Waals surface area contributed by atoms with Gasteiger partial charge in [0, 0.05) is 40.9 Å². The number of nitrogens with zero attached hydrogens (tertiary/aromatic N) is 3. The molecule has 4 N–H and O–H groups in total. The molecule has 11 nitrogen and oxygen atoms in total. The number of nitrogens with one attached hydrogen (secondary N) is 1. The predicted octanol–water partition coefficient (Wildman–Crippen LogP) is 0.788. The first-order valence-corrected chi connectivity index (χ1v) is 13.4. The number of amides is 1. The summed E-state index contributed by atoms with van der Waals surface area (Å²) < 4.78 is 10.9. The Morgan fingerprint density at radius 1 is 1.23 bits per heavy atom. The van der Waals surface area contributed by atoms with Crippen LogP contribution < -0.4 is 15.8 Å². The Morgan fingerprint density at radius 2 is 1.93 bits per heavy atom. The third kappa shape index (κ3) is 3.85. The first-order valence-electron chi connectivity index (χ1n) is 13.4. The Balaban J connectivity index is 1.72. The van der Waals surface area contributed by atoms with Crippen LogP contribution in [0.4, 0.5) is 0 Å². The fourth-order valence-corrected chi connectivity index (χ4v) is 7.17. The monoisotopic (exact) mass is 549 g/mol. The van der Waals surface area contributed by atoms with Crippen LogP contribution in [-0.4, -0.2) is 90.4 Å². The summed E-state index contributed by atoms with van der Waals surface area (Å²) in [5.41, 5.74) is 9.01. The molecule has 1 aliphatic carbocycles. The molecule has 5 rings (SSSR count). The molecule has 1 aromatic carbocycles. The zero-order valence-corrected chi connectivity index (χ0v) is 23.6. The van der Waals surface area contributed by atoms with Crippen molar-refractivity contribution in [1.29, 1.82) is 5.26 Å². The van der Waals surface area contributed by atoms with Crippen LogP contribution in [0.1, 0.15) is 43.0 Å². The number of carbonyl (C=O) groups is 3. The first-order chi connectivity index (χ1) is 19.0. The summed E-state index contributed by atoms with van der Waals surface area (Å²) in [5.74, 6) is -0.749. The molecule has 0 saturated carbocycles. The molecule has 4 aliphatic rings. The van der Waals surface area contributed by atoms with Gasteiger partial charge in [0.05, 0.1) is 38.4 Å². The number of methoxy groups -OCH3 is 2. The molecule has 2 bridgehead atoms. The Bertz CT molecular complexity index is 1420. The number of aryl methyl sites for hydroxylation is 1. The SMILES string of the molecule is COC1=C(C)C(=O)C2=C(C1=O)[C@H](CNC(=O)[C@H](C)N)N1C(C2)[C@H]2c3c(cc(C)c(OC)c3O)C[C@@H]([C@@H]1C#N)N2C. The highest BCUT2D eigenvalue weighted by Crippen LogP contribution is 2.53. The van der Waals surface area contributed by atoms with Crippen molar-refractivity contribution in [3.05, 3.63) is 45.2 Å². The summed E-state index contributed by atoms with van der Waals surface area (Å²) in [4.78, 5) is 44.1. The number of nitriles is 1. The van der Waals surface area contributed by atoms with Gasteiger partial charge in [-0.05, 0) is 51.8 Å². The number of Topliss-reactive ketones (excluding diaryl/α,β-unsaturated/α-hetero) is 2. The van der Waals surface area contributed by atoms with Crippen molar-refractivity contribution in [3.63, 3.8) is 0 Å². The van der Waals surface area contributed by atoms with E-state index in [1.54, 1.807) is 13.8 Å². The van der Waals surface area contributed by atoms with E-state index in [0.717, 1.165) is 11.1 Å². The molecule has 1 amide bonds. The topological polar surface area (TPSA) is 158 Å². The second-order valence-electron chi connectivity index (χ2n) is 11.1. The van der Waals surface area contributed by atoms with Crippen LogP contribution >= 0.6 is 0 Å². The number of nitrogens with two attached hydrogens (primary N) is 1. The van der Waals surface area contributed by atoms with Crippen LogP contribution in [0.5, 0.6) is 11.5 Å². The number of phenols is 1. The van der Waals surface area contributed by atoms with E-state index in [1.807, 2.05) is 24.9 Å². The highest BCUT2D eigenvalue weighted by Gasteiger charge is 2.57. The lowest BCUT2D eigenvalue weighted by Crippen LogP contribution is -2.71. The van der Waals surface area contributed by atoms with Gasteiger partial charge >= 0.3 is 0 Å². The van der Waals surface area contributed by atoms with Crippen LogP contribution in [-0.2, 0) is 25.5 Å². The highest BCUT2D eigenvalue weighted by atomic mass is 16.5. The second-order valence-corrected chi connectivity index (χ2v) is 11.1. The number of allylic oxidation sites excluding steroid dienone is 2. The van der Waals surface area contributed by atoms with Crippen molar-refractivity contribution in [2.24, 2.45) is 5.73 Å². The Morgan fingerprint density at radius 3 is 2.52 bits per heavy atom. The molecule has 0 aromatic heterocycles. The maximum absolute atomic E-state index is 13.8. The first kappa shape index (κ1) is 27.8. The number of ketones is 2. The molecule has 11 heteroatoms. The maximum Gasteiger partial charge on any atom is 0.236 e. The van der Waals surface area contributed by atoms with Gasteiger partial charge in [0.25, 0.3) is 0 Å². The summed E-state index contributed by atoms with van der Waals surface area (Å²) in [6.45, 7) is 4.97. The van der Waals surface area contributed by atoms with E-state index in [0.29, 0.717) is 23.3 Å². The van der Waals surface area contributed by atoms with Gasteiger partial charge in [-0.25, -0.2) is 0 Å². The Kier molecular flexibility index (Phi) is 6.98. The van der Waals surface area contributed by atoms with E-state index in [4.69, 9.17) is 15.2 Å². The van der Waals surface area contributed by atoms with E-state index in [2.05, 4.69) is 16.3 Å². The molecule has 1 unspecified atom stereocenters. The molecule has 40 heavy (non-hydrogen) atoms. The van der Waals surface area contributed by atoms with Crippen LogP contribution in [0.25, 0.3) is 0 Å². The third-order valence-corrected chi connectivity index (χ3v) is 8.95. The van der Waals surface area contributed by atoms with Crippen molar-refractivity contribution >= 4 is 17.5 Å². The van der Waals surface area contributed by atoms with Gasteiger partial charge in [0.15, 0.2) is 23.0 Å². The summed E-state index contributed by atoms with van der Waals surface area (Å²) >= 11 is 0. The molecule has 6 atom stereocenters. The zero-order chi connectivity index (χ0) is 29.2. The standard InChI is InChI=1S/C29H35N5O6/c1-12-7-15-8-17-19(10-30)34-18(23(33(17)4)21(15)25(36)27(12)39-5)9-16-22(20(34)11-32-29(38)14(3)31)26(37)28(40-6)13(2)24(16)35/h7,14,17-20,23,36H,8-9,11,31H2,1-6H3,(H,32,38)/t14-,17-,18?,19-,20-,23-/m0/s1. The van der Waals surface area contributed by atoms with E-state index >= 15 is 0 Å². The minimum Gasteiger partial charge on any atom is -0.504 e. The van der Waals surface area contributed by atoms with Gasteiger partial charge in [-0.1, -0.05) is 6.07 Å². The smallest absolute Gasteiger partial charge is 0.236 e. The van der Waals surface area contributed by atoms with Gasteiger partial charge in [-0.2, -0.15) is 5.26 Å². The lowest BCUT2D eigenvalue weighted by molar-refractivity contribution is -0.125. The minimum atomic E-state index is -0.787. The van der Waals surface area contributed by atoms with Gasteiger partial charge in [0.1, 0.15) is 6.04 Å². The van der Waals surface area contributed by atoms with Gasteiger partial charge < -0.3 is 25.6 Å². The second kappa shape index (κ2) is 10.0. The molecule has 3 heterocycles. The number of piperazine rings is 1. The van der Waals surface area contributed by atoms with Crippen molar-refractivity contribution in [2.45, 2.75) is 69.9 Å². The number of hydrogen-bond acceptors (Lipinski definition) is 10. The highest BCUT2D eigenvalue weighted by molar-refractivity contribution is 6.25. The number of phenolic OH excluding ortho intramolecular Hbond substituents is 1. The normalized spacial score (nSPS) is 28.8. The van der Waals surface area contributed by atoms with Crippen molar-refractivity contribution < 1.29 is 29.0 Å². The summed E-state index contributed by atoms with van der Waals surface area (Å²) in [7, 11) is 4.78. The molecule has 1 saturated heterocycles. The quantitative estimate of drug-likeness (QED) is 0.448. The van der Waals surface area contributed by atoms with Crippen molar-refractivity contribution in [1.82, 2.24) is 15.1 Å². The molecule has 0 radical (unpaired) electrons. The number of rotatable bonds is 5. The van der Waals surface area contributed by atoms with Gasteiger partial charge in [-0.3, -0.25) is 24.2 Å². The third-order valence-electron chi connectivity index (χ3n) is 8.95. The number of likely N-dealkylation sites (N-methyl/N-ethyl adjacent to an activating group) is 1. The molecule has 0 spiro atoms. The average molecular weight is 550 g/mol. The largest absolute Gasteiger partial charge is 0.504 e. The van der Waals surface area contributed by atoms with Crippen LogP contribution in [0.2, 0.25) is 0 Å². The lowest BCUT2D eigenvalue weighted by atomic mass is 9.69. The minimum absolute atomic E-state index is 0.0256. The number of hydrogen-bond donors (Lipinski definition) is 3. The zero-order valence-electron chi connectivity index (χ0n) is 23.6. The lowest BCUT2D eigenvalue weighted by Gasteiger charge is -2.60. The fraction of sp³-hybridized carbons (Fsp3) is 0.517. The van der Waals surface area contributed by atoms with Gasteiger partial charge in [-0.15, -0.1) is 0 Å². The molecule has 3 aliphatic heterocycles. The molecule has 212 valence electrons.